The molecule has 0 saturated carbocycles. The second-order valence-corrected chi connectivity index (χ2v) is 6.56. The highest BCUT2D eigenvalue weighted by Gasteiger charge is 2.21. The lowest BCUT2D eigenvalue weighted by atomic mass is 9.85. The minimum absolute atomic E-state index is 0.585. The van der Waals surface area contributed by atoms with E-state index in [2.05, 4.69) is 31.5 Å². The van der Waals surface area contributed by atoms with Crippen molar-refractivity contribution in [3.8, 4) is 0 Å². The fourth-order valence-corrected chi connectivity index (χ4v) is 3.98. The molecule has 96 valence electrons. The third-order valence-corrected chi connectivity index (χ3v) is 4.84. The van der Waals surface area contributed by atoms with Crippen LogP contribution in [0.1, 0.15) is 56.0 Å². The molecule has 2 heteroatoms. The minimum atomic E-state index is 0.585. The van der Waals surface area contributed by atoms with Crippen LogP contribution < -0.4 is 5.32 Å². The molecule has 1 nitrogen and oxygen atoms in total. The van der Waals surface area contributed by atoms with Gasteiger partial charge in [0.25, 0.3) is 0 Å². The van der Waals surface area contributed by atoms with E-state index in [4.69, 9.17) is 0 Å². The van der Waals surface area contributed by atoms with E-state index < -0.39 is 0 Å². The fraction of sp³-hybridized carbons (Fsp3) is 0.733. The average Bonchev–Trinajstić information content (AvgIpc) is 2.69. The van der Waals surface area contributed by atoms with Gasteiger partial charge in [-0.3, -0.25) is 0 Å². The normalized spacial score (nSPS) is 19.6. The Morgan fingerprint density at radius 2 is 2.29 bits per heavy atom. The Bertz CT molecular complexity index is 354. The Morgan fingerprint density at radius 1 is 1.47 bits per heavy atom. The molecule has 0 bridgehead atoms. The predicted octanol–water partition coefficient (Wildman–Crippen LogP) is 4.15. The van der Waals surface area contributed by atoms with E-state index in [0.717, 1.165) is 12.5 Å². The van der Waals surface area contributed by atoms with Crippen LogP contribution in [0.5, 0.6) is 0 Å². The highest BCUT2D eigenvalue weighted by atomic mass is 32.1. The lowest BCUT2D eigenvalue weighted by Crippen LogP contribution is -2.22. The molecule has 0 amide bonds. The quantitative estimate of drug-likeness (QED) is 0.829. The number of nitrogens with one attached hydrogen (secondary N) is 1. The van der Waals surface area contributed by atoms with Crippen LogP contribution in [0.25, 0.3) is 0 Å². The van der Waals surface area contributed by atoms with Crippen LogP contribution in [-0.2, 0) is 19.4 Å². The summed E-state index contributed by atoms with van der Waals surface area (Å²) in [6.45, 7) is 7.80. The average molecular weight is 251 g/mol. The molecule has 0 aliphatic heterocycles. The zero-order valence-electron chi connectivity index (χ0n) is 11.4. The monoisotopic (exact) mass is 251 g/mol. The summed E-state index contributed by atoms with van der Waals surface area (Å²) in [6, 6.07) is 0.585. The van der Waals surface area contributed by atoms with Crippen molar-refractivity contribution >= 4 is 11.3 Å². The summed E-state index contributed by atoms with van der Waals surface area (Å²) in [4.78, 5) is 1.68. The van der Waals surface area contributed by atoms with Gasteiger partial charge in [0, 0.05) is 17.5 Å². The minimum Gasteiger partial charge on any atom is -0.310 e. The Kier molecular flexibility index (Phi) is 4.63. The van der Waals surface area contributed by atoms with E-state index in [1.807, 2.05) is 11.3 Å². The zero-order chi connectivity index (χ0) is 12.3. The van der Waals surface area contributed by atoms with Gasteiger partial charge in [-0.05, 0) is 41.7 Å². The molecular weight excluding hydrogens is 226 g/mol. The van der Waals surface area contributed by atoms with E-state index in [9.17, 15) is 0 Å². The molecular formula is C15H25NS. The summed E-state index contributed by atoms with van der Waals surface area (Å²) >= 11 is 1.99. The SMILES string of the molecule is CCCC1CCc2c(CNC(C)C)csc2C1. The van der Waals surface area contributed by atoms with Gasteiger partial charge in [-0.2, -0.15) is 0 Å². The van der Waals surface area contributed by atoms with Gasteiger partial charge in [0.1, 0.15) is 0 Å². The summed E-state index contributed by atoms with van der Waals surface area (Å²) in [5, 5.41) is 5.92. The maximum atomic E-state index is 3.54. The van der Waals surface area contributed by atoms with Crippen molar-refractivity contribution in [3.63, 3.8) is 0 Å². The molecule has 0 fully saturated rings. The van der Waals surface area contributed by atoms with Crippen molar-refractivity contribution in [2.24, 2.45) is 5.92 Å². The summed E-state index contributed by atoms with van der Waals surface area (Å²) < 4.78 is 0. The maximum absolute atomic E-state index is 3.54. The largest absolute Gasteiger partial charge is 0.310 e. The van der Waals surface area contributed by atoms with Gasteiger partial charge in [-0.1, -0.05) is 33.6 Å². The van der Waals surface area contributed by atoms with Gasteiger partial charge in [0.05, 0.1) is 0 Å². The summed E-state index contributed by atoms with van der Waals surface area (Å²) in [6.07, 6.45) is 6.82. The molecule has 1 aliphatic carbocycles. The van der Waals surface area contributed by atoms with Crippen LogP contribution in [-0.4, -0.2) is 6.04 Å². The molecule has 1 aliphatic rings. The zero-order valence-corrected chi connectivity index (χ0v) is 12.2. The predicted molar refractivity (Wildman–Crippen MR) is 76.7 cm³/mol. The van der Waals surface area contributed by atoms with Gasteiger partial charge in [-0.25, -0.2) is 0 Å². The van der Waals surface area contributed by atoms with Crippen molar-refractivity contribution in [3.05, 3.63) is 21.4 Å². The maximum Gasteiger partial charge on any atom is 0.0218 e. The van der Waals surface area contributed by atoms with Crippen molar-refractivity contribution in [1.82, 2.24) is 5.32 Å². The summed E-state index contributed by atoms with van der Waals surface area (Å²) in [7, 11) is 0. The molecule has 0 radical (unpaired) electrons. The molecule has 0 aromatic carbocycles. The van der Waals surface area contributed by atoms with Crippen LogP contribution in [0, 0.1) is 5.92 Å². The van der Waals surface area contributed by atoms with Crippen LogP contribution in [0.15, 0.2) is 5.38 Å². The van der Waals surface area contributed by atoms with Gasteiger partial charge >= 0.3 is 0 Å². The Balaban J connectivity index is 2.00. The Labute approximate surface area is 110 Å². The Morgan fingerprint density at radius 3 is 3.00 bits per heavy atom. The van der Waals surface area contributed by atoms with Crippen molar-refractivity contribution in [2.45, 2.75) is 65.5 Å². The standard InChI is InChI=1S/C15H25NS/c1-4-5-12-6-7-14-13(9-16-11(2)3)10-17-15(14)8-12/h10-12,16H,4-9H2,1-3H3. The molecule has 1 N–H and O–H groups in total. The molecule has 17 heavy (non-hydrogen) atoms. The number of fused-ring (bicyclic) bond motifs is 1. The number of thiophene rings is 1. The van der Waals surface area contributed by atoms with Crippen molar-refractivity contribution < 1.29 is 0 Å². The van der Waals surface area contributed by atoms with E-state index in [0.29, 0.717) is 6.04 Å². The van der Waals surface area contributed by atoms with E-state index in [1.54, 1.807) is 16.0 Å². The van der Waals surface area contributed by atoms with E-state index >= 15 is 0 Å². The van der Waals surface area contributed by atoms with Gasteiger partial charge in [-0.15, -0.1) is 11.3 Å². The van der Waals surface area contributed by atoms with Gasteiger partial charge in [0.2, 0.25) is 0 Å². The third kappa shape index (κ3) is 3.32. The third-order valence-electron chi connectivity index (χ3n) is 3.74. The molecule has 0 saturated heterocycles. The second kappa shape index (κ2) is 6.01. The molecule has 1 aromatic heterocycles. The van der Waals surface area contributed by atoms with Gasteiger partial charge < -0.3 is 5.32 Å². The second-order valence-electron chi connectivity index (χ2n) is 5.60. The van der Waals surface area contributed by atoms with Crippen molar-refractivity contribution in [1.29, 1.82) is 0 Å². The topological polar surface area (TPSA) is 12.0 Å². The molecule has 1 unspecified atom stereocenters. The summed E-state index contributed by atoms with van der Waals surface area (Å²) in [5.74, 6) is 0.956. The molecule has 2 rings (SSSR count). The number of hydrogen-bond donors (Lipinski definition) is 1. The molecule has 0 spiro atoms. The van der Waals surface area contributed by atoms with Crippen molar-refractivity contribution in [2.75, 3.05) is 0 Å². The number of rotatable bonds is 5. The van der Waals surface area contributed by atoms with Crippen LogP contribution in [0.4, 0.5) is 0 Å². The fourth-order valence-electron chi connectivity index (χ4n) is 2.76. The Hall–Kier alpha value is -0.340. The van der Waals surface area contributed by atoms with Crippen LogP contribution in [0.3, 0.4) is 0 Å². The van der Waals surface area contributed by atoms with Crippen LogP contribution in [0.2, 0.25) is 0 Å². The highest BCUT2D eigenvalue weighted by molar-refractivity contribution is 7.10. The lowest BCUT2D eigenvalue weighted by Gasteiger charge is -2.22. The first-order valence-electron chi connectivity index (χ1n) is 7.02. The number of hydrogen-bond acceptors (Lipinski definition) is 2. The first-order chi connectivity index (χ1) is 8.20. The molecule has 1 heterocycles. The molecule has 1 aromatic rings. The van der Waals surface area contributed by atoms with E-state index in [1.165, 1.54) is 32.1 Å². The van der Waals surface area contributed by atoms with Crippen LogP contribution >= 0.6 is 11.3 Å². The lowest BCUT2D eigenvalue weighted by molar-refractivity contribution is 0.425. The first-order valence-corrected chi connectivity index (χ1v) is 7.90. The van der Waals surface area contributed by atoms with E-state index in [-0.39, 0.29) is 0 Å². The smallest absolute Gasteiger partial charge is 0.0218 e. The first kappa shape index (κ1) is 13.1. The van der Waals surface area contributed by atoms with Gasteiger partial charge in [0.15, 0.2) is 0 Å². The highest BCUT2D eigenvalue weighted by Crippen LogP contribution is 2.34. The molecule has 1 atom stereocenters. The summed E-state index contributed by atoms with van der Waals surface area (Å²) in [5.41, 5.74) is 3.24.